The van der Waals surface area contributed by atoms with Gasteiger partial charge in [0, 0.05) is 0 Å². The number of carbonyl (C=O) groups excluding carboxylic acids is 2. The van der Waals surface area contributed by atoms with Crippen LogP contribution in [0.3, 0.4) is 0 Å². The van der Waals surface area contributed by atoms with Crippen LogP contribution in [-0.4, -0.2) is 19.1 Å². The summed E-state index contributed by atoms with van der Waals surface area (Å²) >= 11 is 0. The molecule has 0 heterocycles. The van der Waals surface area contributed by atoms with Crippen molar-refractivity contribution in [2.75, 3.05) is 12.4 Å². The number of urea groups is 1. The summed E-state index contributed by atoms with van der Waals surface area (Å²) in [5.41, 5.74) is 3.22. The second kappa shape index (κ2) is 7.17. The van der Waals surface area contributed by atoms with E-state index in [1.807, 2.05) is 12.1 Å². The average molecular weight is 324 g/mol. The zero-order chi connectivity index (χ0) is 16.9. The molecule has 0 bridgehead atoms. The smallest absolute Gasteiger partial charge is 0.339 e. The molecule has 124 valence electrons. The number of amides is 2. The first-order chi connectivity index (χ1) is 11.7. The molecular weight excluding hydrogens is 304 g/mol. The number of anilines is 1. The molecule has 2 aromatic rings. The van der Waals surface area contributed by atoms with Crippen LogP contribution >= 0.6 is 0 Å². The molecule has 3 rings (SSSR count). The fraction of sp³-hybridized carbons (Fsp3) is 0.263. The molecule has 0 aliphatic heterocycles. The van der Waals surface area contributed by atoms with Crippen LogP contribution in [0.5, 0.6) is 0 Å². The molecule has 1 aliphatic rings. The summed E-state index contributed by atoms with van der Waals surface area (Å²) in [6.07, 6.45) is 2.99. The fourth-order valence-electron chi connectivity index (χ4n) is 3.10. The largest absolute Gasteiger partial charge is 0.465 e. The second-order valence-electron chi connectivity index (χ2n) is 5.78. The van der Waals surface area contributed by atoms with Gasteiger partial charge in [-0.2, -0.15) is 0 Å². The Morgan fingerprint density at radius 2 is 1.83 bits per heavy atom. The van der Waals surface area contributed by atoms with E-state index in [1.165, 1.54) is 18.2 Å². The molecule has 0 saturated carbocycles. The Morgan fingerprint density at radius 3 is 2.67 bits per heavy atom. The van der Waals surface area contributed by atoms with E-state index >= 15 is 0 Å². The third-order valence-corrected chi connectivity index (χ3v) is 4.26. The van der Waals surface area contributed by atoms with Crippen LogP contribution in [0.25, 0.3) is 0 Å². The molecule has 0 radical (unpaired) electrons. The van der Waals surface area contributed by atoms with E-state index in [-0.39, 0.29) is 12.1 Å². The number of aryl methyl sites for hydroxylation is 1. The van der Waals surface area contributed by atoms with E-state index in [4.69, 9.17) is 4.74 Å². The highest BCUT2D eigenvalue weighted by Gasteiger charge is 2.22. The van der Waals surface area contributed by atoms with E-state index in [0.717, 1.165) is 19.3 Å². The van der Waals surface area contributed by atoms with Crippen molar-refractivity contribution in [2.45, 2.75) is 25.3 Å². The van der Waals surface area contributed by atoms with Crippen molar-refractivity contribution in [3.8, 4) is 0 Å². The minimum absolute atomic E-state index is 0.0137. The maximum Gasteiger partial charge on any atom is 0.339 e. The molecule has 0 fully saturated rings. The number of nitrogens with one attached hydrogen (secondary N) is 2. The van der Waals surface area contributed by atoms with Crippen LogP contribution in [0.2, 0.25) is 0 Å². The van der Waals surface area contributed by atoms with E-state index < -0.39 is 5.97 Å². The van der Waals surface area contributed by atoms with Gasteiger partial charge in [-0.1, -0.05) is 36.4 Å². The van der Waals surface area contributed by atoms with Crippen LogP contribution in [0.1, 0.15) is 40.4 Å². The molecule has 0 aromatic heterocycles. The molecule has 1 atom stereocenters. The predicted octanol–water partition coefficient (Wildman–Crippen LogP) is 3.67. The van der Waals surface area contributed by atoms with Gasteiger partial charge in [0.15, 0.2) is 0 Å². The Kier molecular flexibility index (Phi) is 4.79. The number of hydrogen-bond donors (Lipinski definition) is 2. The lowest BCUT2D eigenvalue weighted by Gasteiger charge is -2.26. The normalized spacial score (nSPS) is 16.0. The standard InChI is InChI=1S/C19H20N2O3/c1-24-18(22)15-10-4-5-11-17(15)21-19(23)20-16-12-6-8-13-7-2-3-9-14(13)16/h2-5,7,9-11,16H,6,8,12H2,1H3,(H2,20,21,23)/t16-/m1/s1. The van der Waals surface area contributed by atoms with Gasteiger partial charge in [-0.3, -0.25) is 0 Å². The van der Waals surface area contributed by atoms with E-state index in [9.17, 15) is 9.59 Å². The van der Waals surface area contributed by atoms with Gasteiger partial charge in [-0.05, 0) is 42.5 Å². The van der Waals surface area contributed by atoms with Crippen LogP contribution in [0.4, 0.5) is 10.5 Å². The molecule has 2 aromatic carbocycles. The Hall–Kier alpha value is -2.82. The minimum Gasteiger partial charge on any atom is -0.465 e. The Bertz CT molecular complexity index is 758. The zero-order valence-corrected chi connectivity index (χ0v) is 13.5. The van der Waals surface area contributed by atoms with Crippen molar-refractivity contribution in [1.29, 1.82) is 0 Å². The molecule has 5 heteroatoms. The summed E-state index contributed by atoms with van der Waals surface area (Å²) in [5, 5.41) is 5.76. The average Bonchev–Trinajstić information content (AvgIpc) is 2.62. The van der Waals surface area contributed by atoms with Gasteiger partial charge < -0.3 is 15.4 Å². The minimum atomic E-state index is -0.478. The van der Waals surface area contributed by atoms with Gasteiger partial charge in [0.05, 0.1) is 24.4 Å². The fourth-order valence-corrected chi connectivity index (χ4v) is 3.10. The first-order valence-electron chi connectivity index (χ1n) is 8.01. The molecule has 24 heavy (non-hydrogen) atoms. The molecule has 5 nitrogen and oxygen atoms in total. The first-order valence-corrected chi connectivity index (χ1v) is 8.01. The lowest BCUT2D eigenvalue weighted by Crippen LogP contribution is -2.34. The molecular formula is C19H20N2O3. The predicted molar refractivity (Wildman–Crippen MR) is 92.1 cm³/mol. The summed E-state index contributed by atoms with van der Waals surface area (Å²) in [6.45, 7) is 0. The van der Waals surface area contributed by atoms with Crippen molar-refractivity contribution in [3.63, 3.8) is 0 Å². The lowest BCUT2D eigenvalue weighted by atomic mass is 9.88. The van der Waals surface area contributed by atoms with Gasteiger partial charge in [0.2, 0.25) is 0 Å². The van der Waals surface area contributed by atoms with Gasteiger partial charge in [0.25, 0.3) is 0 Å². The number of para-hydroxylation sites is 1. The Labute approximate surface area is 141 Å². The van der Waals surface area contributed by atoms with E-state index in [2.05, 4.69) is 22.8 Å². The van der Waals surface area contributed by atoms with Crippen LogP contribution in [0.15, 0.2) is 48.5 Å². The number of carbonyl (C=O) groups is 2. The SMILES string of the molecule is COC(=O)c1ccccc1NC(=O)N[C@@H]1CCCc2ccccc21. The van der Waals surface area contributed by atoms with Crippen molar-refractivity contribution >= 4 is 17.7 Å². The number of esters is 1. The molecule has 1 aliphatic carbocycles. The second-order valence-corrected chi connectivity index (χ2v) is 5.78. The van der Waals surface area contributed by atoms with E-state index in [1.54, 1.807) is 24.3 Å². The highest BCUT2D eigenvalue weighted by atomic mass is 16.5. The third kappa shape index (κ3) is 3.40. The lowest BCUT2D eigenvalue weighted by molar-refractivity contribution is 0.0602. The highest BCUT2D eigenvalue weighted by Crippen LogP contribution is 2.29. The summed E-state index contributed by atoms with van der Waals surface area (Å²) in [5.74, 6) is -0.478. The van der Waals surface area contributed by atoms with Crippen molar-refractivity contribution in [1.82, 2.24) is 5.32 Å². The van der Waals surface area contributed by atoms with Gasteiger partial charge in [0.1, 0.15) is 0 Å². The van der Waals surface area contributed by atoms with Crippen molar-refractivity contribution in [3.05, 3.63) is 65.2 Å². The highest BCUT2D eigenvalue weighted by molar-refractivity contribution is 6.00. The Balaban J connectivity index is 1.73. The molecule has 2 amide bonds. The van der Waals surface area contributed by atoms with Crippen LogP contribution in [0, 0.1) is 0 Å². The first kappa shape index (κ1) is 16.1. The number of methoxy groups -OCH3 is 1. The number of ether oxygens (including phenoxy) is 1. The van der Waals surface area contributed by atoms with E-state index in [0.29, 0.717) is 11.3 Å². The Morgan fingerprint density at radius 1 is 1.08 bits per heavy atom. The molecule has 0 saturated heterocycles. The summed E-state index contributed by atoms with van der Waals surface area (Å²) in [7, 11) is 1.32. The number of benzene rings is 2. The van der Waals surface area contributed by atoms with Crippen molar-refractivity contribution in [2.24, 2.45) is 0 Å². The van der Waals surface area contributed by atoms with Gasteiger partial charge >= 0.3 is 12.0 Å². The monoisotopic (exact) mass is 324 g/mol. The summed E-state index contributed by atoms with van der Waals surface area (Å²) < 4.78 is 4.74. The summed E-state index contributed by atoms with van der Waals surface area (Å²) in [6, 6.07) is 14.6. The van der Waals surface area contributed by atoms with Crippen LogP contribution < -0.4 is 10.6 Å². The maximum atomic E-state index is 12.4. The number of hydrogen-bond acceptors (Lipinski definition) is 3. The van der Waals surface area contributed by atoms with Crippen molar-refractivity contribution < 1.29 is 14.3 Å². The maximum absolute atomic E-state index is 12.4. The van der Waals surface area contributed by atoms with Crippen LogP contribution in [-0.2, 0) is 11.2 Å². The molecule has 2 N–H and O–H groups in total. The third-order valence-electron chi connectivity index (χ3n) is 4.26. The van der Waals surface area contributed by atoms with Gasteiger partial charge in [-0.15, -0.1) is 0 Å². The quantitative estimate of drug-likeness (QED) is 0.847. The molecule has 0 unspecified atom stereocenters. The topological polar surface area (TPSA) is 67.4 Å². The zero-order valence-electron chi connectivity index (χ0n) is 13.5. The number of fused-ring (bicyclic) bond motifs is 1. The number of rotatable bonds is 3. The van der Waals surface area contributed by atoms with Gasteiger partial charge in [-0.25, -0.2) is 9.59 Å². The molecule has 0 spiro atoms. The summed E-state index contributed by atoms with van der Waals surface area (Å²) in [4.78, 5) is 24.2.